The first kappa shape index (κ1) is 15.5. The van der Waals surface area contributed by atoms with Crippen LogP contribution in [0.4, 0.5) is 4.39 Å². The Morgan fingerprint density at radius 1 is 1.40 bits per heavy atom. The summed E-state index contributed by atoms with van der Waals surface area (Å²) in [5, 5.41) is 8.99. The van der Waals surface area contributed by atoms with Gasteiger partial charge in [-0.05, 0) is 30.2 Å². The molecule has 0 radical (unpaired) electrons. The Bertz CT molecular complexity index is 588. The minimum Gasteiger partial charge on any atom is -0.324 e. The summed E-state index contributed by atoms with van der Waals surface area (Å²) in [5.74, 6) is 1.07. The summed E-state index contributed by atoms with van der Waals surface area (Å²) in [5.41, 5.74) is 6.29. The highest BCUT2D eigenvalue weighted by molar-refractivity contribution is 9.10. The highest BCUT2D eigenvalue weighted by Crippen LogP contribution is 2.25. The quantitative estimate of drug-likeness (QED) is 0.804. The summed E-state index contributed by atoms with van der Waals surface area (Å²) < 4.78 is 16.6. The van der Waals surface area contributed by atoms with Gasteiger partial charge >= 0.3 is 0 Å². The Morgan fingerprint density at radius 3 is 2.90 bits per heavy atom. The number of benzene rings is 1. The average Bonchev–Trinajstić information content (AvgIpc) is 2.82. The van der Waals surface area contributed by atoms with Crippen molar-refractivity contribution < 1.29 is 4.39 Å². The normalized spacial score (nSPS) is 11.0. The molecule has 2 rings (SSSR count). The smallest absolute Gasteiger partial charge is 0.191 e. The van der Waals surface area contributed by atoms with Crippen LogP contribution < -0.4 is 5.73 Å². The molecule has 0 spiro atoms. The van der Waals surface area contributed by atoms with Gasteiger partial charge < -0.3 is 10.3 Å². The van der Waals surface area contributed by atoms with Gasteiger partial charge in [-0.15, -0.1) is 10.2 Å². The van der Waals surface area contributed by atoms with Gasteiger partial charge in [-0.25, -0.2) is 4.39 Å². The summed E-state index contributed by atoms with van der Waals surface area (Å²) in [6.45, 7) is 3.27. The molecule has 2 N–H and O–H groups in total. The Hall–Kier alpha value is -0.920. The molecule has 7 heteroatoms. The maximum atomic E-state index is 13.7. The van der Waals surface area contributed by atoms with Crippen molar-refractivity contribution in [1.29, 1.82) is 0 Å². The van der Waals surface area contributed by atoms with E-state index in [9.17, 15) is 4.39 Å². The lowest BCUT2D eigenvalue weighted by Crippen LogP contribution is -2.09. The fourth-order valence-corrected chi connectivity index (χ4v) is 3.19. The number of nitrogens with two attached hydrogens (primary N) is 1. The summed E-state index contributed by atoms with van der Waals surface area (Å²) in [4.78, 5) is 0. The van der Waals surface area contributed by atoms with Gasteiger partial charge in [-0.3, -0.25) is 0 Å². The van der Waals surface area contributed by atoms with E-state index in [0.717, 1.165) is 28.4 Å². The van der Waals surface area contributed by atoms with Crippen molar-refractivity contribution in [2.45, 2.75) is 37.3 Å². The van der Waals surface area contributed by atoms with E-state index in [4.69, 9.17) is 5.73 Å². The first-order valence-electron chi connectivity index (χ1n) is 6.34. The van der Waals surface area contributed by atoms with Gasteiger partial charge in [-0.2, -0.15) is 0 Å². The number of thioether (sulfide) groups is 1. The van der Waals surface area contributed by atoms with Crippen LogP contribution in [0.1, 0.15) is 24.7 Å². The minimum atomic E-state index is -0.207. The van der Waals surface area contributed by atoms with Gasteiger partial charge in [0.1, 0.15) is 11.6 Å². The standard InChI is InChI=1S/C13H16BrFN4S/c1-2-5-19-12(7-16)17-18-13(19)20-8-9-6-10(14)3-4-11(9)15/h3-4,6H,2,5,7-8,16H2,1H3. The van der Waals surface area contributed by atoms with Crippen molar-refractivity contribution in [1.82, 2.24) is 14.8 Å². The molecule has 0 aliphatic carbocycles. The molecule has 0 bridgehead atoms. The molecule has 0 saturated heterocycles. The lowest BCUT2D eigenvalue weighted by atomic mass is 10.2. The Kier molecular flexibility index (Phi) is 5.56. The molecule has 0 atom stereocenters. The molecule has 2 aromatic rings. The van der Waals surface area contributed by atoms with Crippen LogP contribution in [-0.2, 0) is 18.8 Å². The topological polar surface area (TPSA) is 56.7 Å². The van der Waals surface area contributed by atoms with Crippen LogP contribution in [0.15, 0.2) is 27.8 Å². The van der Waals surface area contributed by atoms with Crippen molar-refractivity contribution in [2.75, 3.05) is 0 Å². The molecular weight excluding hydrogens is 343 g/mol. The van der Waals surface area contributed by atoms with E-state index in [0.29, 0.717) is 17.9 Å². The molecule has 108 valence electrons. The van der Waals surface area contributed by atoms with Crippen molar-refractivity contribution in [2.24, 2.45) is 5.73 Å². The van der Waals surface area contributed by atoms with Crippen LogP contribution in [0.3, 0.4) is 0 Å². The molecule has 1 heterocycles. The summed E-state index contributed by atoms with van der Waals surface area (Å²) in [6.07, 6.45) is 0.976. The highest BCUT2D eigenvalue weighted by atomic mass is 79.9. The van der Waals surface area contributed by atoms with Gasteiger partial charge in [0.15, 0.2) is 5.16 Å². The monoisotopic (exact) mass is 358 g/mol. The lowest BCUT2D eigenvalue weighted by Gasteiger charge is -2.08. The lowest BCUT2D eigenvalue weighted by molar-refractivity contribution is 0.591. The third-order valence-corrected chi connectivity index (χ3v) is 4.30. The zero-order valence-electron chi connectivity index (χ0n) is 11.1. The van der Waals surface area contributed by atoms with Crippen LogP contribution in [0.5, 0.6) is 0 Å². The second-order valence-electron chi connectivity index (χ2n) is 4.28. The number of nitrogens with zero attached hydrogens (tertiary/aromatic N) is 3. The number of halogens is 2. The number of hydrogen-bond acceptors (Lipinski definition) is 4. The van der Waals surface area contributed by atoms with E-state index < -0.39 is 0 Å². The SMILES string of the molecule is CCCn1c(CN)nnc1SCc1cc(Br)ccc1F. The van der Waals surface area contributed by atoms with E-state index in [1.807, 2.05) is 4.57 Å². The molecule has 0 fully saturated rings. The van der Waals surface area contributed by atoms with Gasteiger partial charge in [0.05, 0.1) is 6.54 Å². The second kappa shape index (κ2) is 7.19. The second-order valence-corrected chi connectivity index (χ2v) is 6.14. The van der Waals surface area contributed by atoms with E-state index in [-0.39, 0.29) is 5.82 Å². The van der Waals surface area contributed by atoms with Gasteiger partial charge in [-0.1, -0.05) is 34.6 Å². The molecule has 1 aromatic heterocycles. The Labute approximate surface area is 130 Å². The molecular formula is C13H16BrFN4S. The molecule has 4 nitrogen and oxygen atoms in total. The molecule has 1 aromatic carbocycles. The third kappa shape index (κ3) is 3.59. The first-order valence-corrected chi connectivity index (χ1v) is 8.12. The zero-order valence-corrected chi connectivity index (χ0v) is 13.5. The summed E-state index contributed by atoms with van der Waals surface area (Å²) in [7, 11) is 0. The maximum absolute atomic E-state index is 13.7. The minimum absolute atomic E-state index is 0.207. The van der Waals surface area contributed by atoms with Crippen LogP contribution in [-0.4, -0.2) is 14.8 Å². The fourth-order valence-electron chi connectivity index (χ4n) is 1.82. The maximum Gasteiger partial charge on any atom is 0.191 e. The largest absolute Gasteiger partial charge is 0.324 e. The van der Waals surface area contributed by atoms with E-state index in [2.05, 4.69) is 33.1 Å². The third-order valence-electron chi connectivity index (χ3n) is 2.79. The van der Waals surface area contributed by atoms with E-state index in [1.54, 1.807) is 12.1 Å². The van der Waals surface area contributed by atoms with Crippen LogP contribution in [0.25, 0.3) is 0 Å². The van der Waals surface area contributed by atoms with Crippen molar-refractivity contribution in [3.63, 3.8) is 0 Å². The fraction of sp³-hybridized carbons (Fsp3) is 0.385. The summed E-state index contributed by atoms with van der Waals surface area (Å²) >= 11 is 4.82. The number of hydrogen-bond donors (Lipinski definition) is 1. The van der Waals surface area contributed by atoms with Crippen molar-refractivity contribution in [3.05, 3.63) is 39.9 Å². The van der Waals surface area contributed by atoms with E-state index >= 15 is 0 Å². The van der Waals surface area contributed by atoms with E-state index in [1.165, 1.54) is 17.8 Å². The van der Waals surface area contributed by atoms with Gasteiger partial charge in [0.2, 0.25) is 0 Å². The molecule has 0 amide bonds. The predicted octanol–water partition coefficient (Wildman–Crippen LogP) is 3.34. The molecule has 0 aliphatic rings. The first-order chi connectivity index (χ1) is 9.65. The van der Waals surface area contributed by atoms with Crippen molar-refractivity contribution in [3.8, 4) is 0 Å². The van der Waals surface area contributed by atoms with Crippen LogP contribution in [0, 0.1) is 5.82 Å². The molecule has 0 unspecified atom stereocenters. The average molecular weight is 359 g/mol. The van der Waals surface area contributed by atoms with Gasteiger partial charge in [0, 0.05) is 16.8 Å². The number of aromatic nitrogens is 3. The molecule has 0 saturated carbocycles. The van der Waals surface area contributed by atoms with Gasteiger partial charge in [0.25, 0.3) is 0 Å². The summed E-state index contributed by atoms with van der Waals surface area (Å²) in [6, 6.07) is 4.93. The Morgan fingerprint density at radius 2 is 2.20 bits per heavy atom. The van der Waals surface area contributed by atoms with Crippen LogP contribution in [0.2, 0.25) is 0 Å². The molecule has 0 aliphatic heterocycles. The zero-order chi connectivity index (χ0) is 14.5. The van der Waals surface area contributed by atoms with Crippen LogP contribution >= 0.6 is 27.7 Å². The number of rotatable bonds is 6. The Balaban J connectivity index is 2.14. The predicted molar refractivity (Wildman–Crippen MR) is 81.9 cm³/mol. The highest BCUT2D eigenvalue weighted by Gasteiger charge is 2.12. The molecule has 20 heavy (non-hydrogen) atoms. The van der Waals surface area contributed by atoms with Crippen molar-refractivity contribution >= 4 is 27.7 Å².